The van der Waals surface area contributed by atoms with Crippen molar-refractivity contribution in [1.29, 1.82) is 0 Å². The molecular formula is C18H25N4O2. The fraction of sp³-hybridized carbons (Fsp3) is 0.556. The molecule has 0 aliphatic carbocycles. The van der Waals surface area contributed by atoms with Crippen molar-refractivity contribution in [2.45, 2.75) is 64.5 Å². The van der Waals surface area contributed by atoms with E-state index in [0.717, 1.165) is 20.8 Å². The number of para-hydroxylation sites is 2. The lowest BCUT2D eigenvalue weighted by molar-refractivity contribution is -0.200. The maximum atomic E-state index is 13.3. The van der Waals surface area contributed by atoms with Crippen LogP contribution < -0.4 is 10.7 Å². The van der Waals surface area contributed by atoms with E-state index in [1.54, 1.807) is 0 Å². The van der Waals surface area contributed by atoms with Crippen LogP contribution in [0.5, 0.6) is 0 Å². The van der Waals surface area contributed by atoms with Crippen molar-refractivity contribution in [3.8, 4) is 0 Å². The minimum absolute atomic E-state index is 0.165. The molecule has 0 bridgehead atoms. The smallest absolute Gasteiger partial charge is 0.202 e. The van der Waals surface area contributed by atoms with Crippen LogP contribution >= 0.6 is 0 Å². The van der Waals surface area contributed by atoms with Crippen LogP contribution in [0.3, 0.4) is 0 Å². The molecule has 2 aliphatic heterocycles. The molecule has 2 aliphatic rings. The van der Waals surface area contributed by atoms with Crippen LogP contribution in [0.2, 0.25) is 0 Å². The normalized spacial score (nSPS) is 20.9. The number of nitrogens with zero attached hydrogens (tertiary/aromatic N) is 4. The monoisotopic (exact) mass is 329 g/mol. The van der Waals surface area contributed by atoms with Crippen molar-refractivity contribution in [2.75, 3.05) is 0 Å². The fourth-order valence-electron chi connectivity index (χ4n) is 4.47. The predicted molar refractivity (Wildman–Crippen MR) is 88.6 cm³/mol. The molecule has 0 amide bonds. The second kappa shape index (κ2) is 5.86. The number of hydroxylamine groups is 4. The fourth-order valence-corrected chi connectivity index (χ4v) is 4.47. The van der Waals surface area contributed by atoms with Crippen LogP contribution in [-0.2, 0) is 5.21 Å². The molecule has 0 spiro atoms. The maximum absolute atomic E-state index is 13.3. The molecule has 6 nitrogen and oxygen atoms in total. The summed E-state index contributed by atoms with van der Waals surface area (Å²) in [5.74, 6) is 0.461. The first-order chi connectivity index (χ1) is 11.5. The Morgan fingerprint density at radius 1 is 0.917 bits per heavy atom. The molecule has 1 radical (unpaired) electrons. The van der Waals surface area contributed by atoms with E-state index in [9.17, 15) is 10.4 Å². The van der Waals surface area contributed by atoms with Gasteiger partial charge in [-0.25, -0.2) is 15.0 Å². The third-order valence-electron chi connectivity index (χ3n) is 5.93. The highest BCUT2D eigenvalue weighted by molar-refractivity contribution is 5.27. The van der Waals surface area contributed by atoms with Crippen LogP contribution in [0.25, 0.3) is 0 Å². The van der Waals surface area contributed by atoms with E-state index in [2.05, 4.69) is 9.98 Å². The first-order valence-electron chi connectivity index (χ1n) is 8.74. The molecule has 2 heterocycles. The molecule has 24 heavy (non-hydrogen) atoms. The summed E-state index contributed by atoms with van der Waals surface area (Å²) in [7, 11) is 0. The Morgan fingerprint density at radius 2 is 1.38 bits per heavy atom. The summed E-state index contributed by atoms with van der Waals surface area (Å²) in [5.41, 5.74) is -1.33. The third kappa shape index (κ3) is 1.90. The van der Waals surface area contributed by atoms with Gasteiger partial charge in [-0.1, -0.05) is 45.0 Å². The van der Waals surface area contributed by atoms with Crippen molar-refractivity contribution in [1.82, 2.24) is 10.1 Å². The van der Waals surface area contributed by atoms with Crippen LogP contribution in [0.1, 0.15) is 53.4 Å². The van der Waals surface area contributed by atoms with Gasteiger partial charge in [-0.3, -0.25) is 5.21 Å². The molecule has 6 heteroatoms. The van der Waals surface area contributed by atoms with E-state index in [1.165, 1.54) is 0 Å². The SMILES string of the molecule is CCC1(CC)N([O])C(=C2N=c3ccccc3=N2)N(O)C1(CC)CC. The Balaban J connectivity index is 2.25. The highest BCUT2D eigenvalue weighted by atomic mass is 16.6. The van der Waals surface area contributed by atoms with Crippen molar-refractivity contribution in [3.05, 3.63) is 46.6 Å². The van der Waals surface area contributed by atoms with Crippen molar-refractivity contribution in [2.24, 2.45) is 9.98 Å². The lowest BCUT2D eigenvalue weighted by atomic mass is 9.70. The van der Waals surface area contributed by atoms with Crippen molar-refractivity contribution in [3.63, 3.8) is 0 Å². The van der Waals surface area contributed by atoms with E-state index < -0.39 is 11.1 Å². The molecule has 1 saturated heterocycles. The Kier molecular flexibility index (Phi) is 4.13. The Hall–Kier alpha value is -1.92. The van der Waals surface area contributed by atoms with Gasteiger partial charge in [-0.2, -0.15) is 5.06 Å². The molecule has 1 N–H and O–H groups in total. The van der Waals surface area contributed by atoms with Crippen molar-refractivity contribution < 1.29 is 10.4 Å². The highest BCUT2D eigenvalue weighted by Gasteiger charge is 2.63. The molecule has 129 valence electrons. The summed E-state index contributed by atoms with van der Waals surface area (Å²) in [5, 5.41) is 27.9. The van der Waals surface area contributed by atoms with Gasteiger partial charge in [0, 0.05) is 0 Å². The van der Waals surface area contributed by atoms with Gasteiger partial charge < -0.3 is 0 Å². The van der Waals surface area contributed by atoms with Gasteiger partial charge in [0.15, 0.2) is 5.82 Å². The molecular weight excluding hydrogens is 304 g/mol. The highest BCUT2D eigenvalue weighted by Crippen LogP contribution is 2.52. The molecule has 1 aromatic rings. The number of fused-ring (bicyclic) bond motifs is 1. The molecule has 0 unspecified atom stereocenters. The first-order valence-corrected chi connectivity index (χ1v) is 8.74. The second-order valence-corrected chi connectivity index (χ2v) is 6.44. The van der Waals surface area contributed by atoms with Gasteiger partial charge in [-0.15, -0.1) is 0 Å². The number of hydrogen-bond donors (Lipinski definition) is 1. The summed E-state index contributed by atoms with van der Waals surface area (Å²) in [6.07, 6.45) is 2.64. The average Bonchev–Trinajstić information content (AvgIpc) is 3.10. The average molecular weight is 329 g/mol. The van der Waals surface area contributed by atoms with Crippen molar-refractivity contribution >= 4 is 0 Å². The second-order valence-electron chi connectivity index (χ2n) is 6.44. The van der Waals surface area contributed by atoms with Crippen LogP contribution in [-0.4, -0.2) is 26.4 Å². The standard InChI is InChI=1S/C18H25N4O2/c1-5-17(6-2)18(7-3,8-4)22(24)16(21(17)23)15-19-13-11-9-10-12-14(13)20-15/h9-12,23H,5-8H2,1-4H3. The minimum atomic E-state index is -0.687. The van der Waals surface area contributed by atoms with Crippen LogP contribution in [0, 0.1) is 0 Å². The number of benzene rings is 1. The largest absolute Gasteiger partial charge is 0.286 e. The zero-order valence-corrected chi connectivity index (χ0v) is 14.8. The van der Waals surface area contributed by atoms with E-state index in [-0.39, 0.29) is 5.82 Å². The summed E-state index contributed by atoms with van der Waals surface area (Å²) in [6, 6.07) is 7.49. The van der Waals surface area contributed by atoms with E-state index in [0.29, 0.717) is 31.5 Å². The number of hydrogen-bond acceptors (Lipinski definition) is 5. The maximum Gasteiger partial charge on any atom is 0.202 e. The van der Waals surface area contributed by atoms with E-state index in [1.807, 2.05) is 52.0 Å². The first kappa shape index (κ1) is 16.9. The van der Waals surface area contributed by atoms with Gasteiger partial charge in [-0.05, 0) is 37.8 Å². The zero-order chi connectivity index (χ0) is 17.5. The molecule has 3 rings (SSSR count). The summed E-state index contributed by atoms with van der Waals surface area (Å²) >= 11 is 0. The summed E-state index contributed by atoms with van der Waals surface area (Å²) in [6.45, 7) is 8.05. The molecule has 1 aromatic carbocycles. The molecule has 1 fully saturated rings. The van der Waals surface area contributed by atoms with Gasteiger partial charge >= 0.3 is 0 Å². The Labute approximate surface area is 142 Å². The Morgan fingerprint density at radius 3 is 1.75 bits per heavy atom. The molecule has 0 saturated carbocycles. The van der Waals surface area contributed by atoms with Crippen LogP contribution in [0.4, 0.5) is 0 Å². The quantitative estimate of drug-likeness (QED) is 0.923. The van der Waals surface area contributed by atoms with Gasteiger partial charge in [0.05, 0.1) is 21.8 Å². The number of rotatable bonds is 4. The predicted octanol–water partition coefficient (Wildman–Crippen LogP) is 2.54. The lowest BCUT2D eigenvalue weighted by Gasteiger charge is -2.45. The van der Waals surface area contributed by atoms with E-state index >= 15 is 0 Å². The van der Waals surface area contributed by atoms with Crippen LogP contribution in [0.15, 0.2) is 45.9 Å². The molecule has 0 atom stereocenters. The summed E-state index contributed by atoms with van der Waals surface area (Å²) < 4.78 is 0. The molecule has 0 aromatic heterocycles. The Bertz CT molecular complexity index is 715. The van der Waals surface area contributed by atoms with Gasteiger partial charge in [0.25, 0.3) is 0 Å². The van der Waals surface area contributed by atoms with Gasteiger partial charge in [0.2, 0.25) is 5.82 Å². The topological polar surface area (TPSA) is 71.3 Å². The lowest BCUT2D eigenvalue weighted by Crippen LogP contribution is -2.59. The summed E-state index contributed by atoms with van der Waals surface area (Å²) in [4.78, 5) is 8.94. The van der Waals surface area contributed by atoms with E-state index in [4.69, 9.17) is 0 Å². The van der Waals surface area contributed by atoms with Gasteiger partial charge in [0.1, 0.15) is 0 Å². The zero-order valence-electron chi connectivity index (χ0n) is 14.8. The minimum Gasteiger partial charge on any atom is -0.286 e. The third-order valence-corrected chi connectivity index (χ3v) is 5.93.